The zero-order valence-electron chi connectivity index (χ0n) is 12.6. The van der Waals surface area contributed by atoms with Crippen LogP contribution in [0.2, 0.25) is 0 Å². The van der Waals surface area contributed by atoms with Crippen molar-refractivity contribution in [2.45, 2.75) is 32.9 Å². The highest BCUT2D eigenvalue weighted by Crippen LogP contribution is 2.13. The van der Waals surface area contributed by atoms with E-state index in [1.54, 1.807) is 27.9 Å². The van der Waals surface area contributed by atoms with Crippen molar-refractivity contribution in [3.63, 3.8) is 0 Å². The van der Waals surface area contributed by atoms with Gasteiger partial charge in [-0.15, -0.1) is 0 Å². The number of carboxylic acid groups (broad SMARTS) is 1. The van der Waals surface area contributed by atoms with Crippen molar-refractivity contribution in [3.8, 4) is 0 Å². The maximum Gasteiger partial charge on any atom is 0.323 e. The van der Waals surface area contributed by atoms with Crippen LogP contribution in [0.5, 0.6) is 0 Å². The summed E-state index contributed by atoms with van der Waals surface area (Å²) in [4.78, 5) is 26.2. The molecule has 20 heavy (non-hydrogen) atoms. The summed E-state index contributed by atoms with van der Waals surface area (Å²) in [5.74, 6) is 0.386. The normalized spacial score (nSPS) is 11.7. The zero-order chi connectivity index (χ0) is 15.5. The van der Waals surface area contributed by atoms with Gasteiger partial charge in [-0.25, -0.2) is 0 Å². The molecule has 6 nitrogen and oxygen atoms in total. The number of furan rings is 1. The number of likely N-dealkylation sites (N-methyl/N-ethyl adjacent to an activating group) is 2. The third kappa shape index (κ3) is 3.84. The summed E-state index contributed by atoms with van der Waals surface area (Å²) >= 11 is 0. The first-order chi connectivity index (χ1) is 9.14. The molecule has 0 atom stereocenters. The molecule has 1 heterocycles. The Morgan fingerprint density at radius 1 is 1.30 bits per heavy atom. The van der Waals surface area contributed by atoms with Crippen molar-refractivity contribution in [3.05, 3.63) is 23.7 Å². The monoisotopic (exact) mass is 282 g/mol. The van der Waals surface area contributed by atoms with E-state index in [2.05, 4.69) is 0 Å². The van der Waals surface area contributed by atoms with Gasteiger partial charge in [0, 0.05) is 7.05 Å². The molecule has 0 spiro atoms. The summed E-state index contributed by atoms with van der Waals surface area (Å²) in [6.45, 7) is 5.38. The van der Waals surface area contributed by atoms with Crippen molar-refractivity contribution < 1.29 is 19.1 Å². The molecule has 1 amide bonds. The number of hydrogen-bond donors (Lipinski definition) is 1. The Bertz CT molecular complexity index is 493. The lowest BCUT2D eigenvalue weighted by Crippen LogP contribution is -2.51. The van der Waals surface area contributed by atoms with Crippen LogP contribution in [0.15, 0.2) is 16.5 Å². The average molecular weight is 282 g/mol. The molecule has 0 aliphatic carbocycles. The number of carbonyl (C=O) groups is 2. The van der Waals surface area contributed by atoms with E-state index in [1.807, 2.05) is 19.1 Å². The van der Waals surface area contributed by atoms with Gasteiger partial charge in [0.15, 0.2) is 0 Å². The van der Waals surface area contributed by atoms with E-state index >= 15 is 0 Å². The van der Waals surface area contributed by atoms with Crippen LogP contribution in [0.3, 0.4) is 0 Å². The first-order valence-electron chi connectivity index (χ1n) is 6.38. The van der Waals surface area contributed by atoms with Crippen molar-refractivity contribution in [1.82, 2.24) is 9.80 Å². The highest BCUT2D eigenvalue weighted by atomic mass is 16.4. The largest absolute Gasteiger partial charge is 0.480 e. The van der Waals surface area contributed by atoms with Gasteiger partial charge in [0.05, 0.1) is 13.1 Å². The molecule has 0 fully saturated rings. The molecule has 0 aliphatic heterocycles. The standard InChI is InChI=1S/C14H22N2O4/c1-10-6-7-11(20-10)8-15(4)12(17)9-16(5)14(2,3)13(18)19/h6-7H,8-9H2,1-5H3,(H,18,19). The highest BCUT2D eigenvalue weighted by Gasteiger charge is 2.33. The molecule has 6 heteroatoms. The average Bonchev–Trinajstić information content (AvgIpc) is 2.74. The third-order valence-corrected chi connectivity index (χ3v) is 3.46. The number of hydrogen-bond acceptors (Lipinski definition) is 4. The first-order valence-corrected chi connectivity index (χ1v) is 6.38. The second-order valence-electron chi connectivity index (χ2n) is 5.48. The van der Waals surface area contributed by atoms with Crippen LogP contribution in [-0.2, 0) is 16.1 Å². The minimum Gasteiger partial charge on any atom is -0.480 e. The summed E-state index contributed by atoms with van der Waals surface area (Å²) in [5, 5.41) is 9.12. The summed E-state index contributed by atoms with van der Waals surface area (Å²) in [6.07, 6.45) is 0. The van der Waals surface area contributed by atoms with Gasteiger partial charge in [0.2, 0.25) is 5.91 Å². The predicted octanol–water partition coefficient (Wildman–Crippen LogP) is 1.34. The first kappa shape index (κ1) is 16.2. The summed E-state index contributed by atoms with van der Waals surface area (Å²) in [5.41, 5.74) is -1.09. The number of nitrogens with zero attached hydrogens (tertiary/aromatic N) is 2. The van der Waals surface area contributed by atoms with Crippen LogP contribution in [0.4, 0.5) is 0 Å². The van der Waals surface area contributed by atoms with Crippen LogP contribution >= 0.6 is 0 Å². The maximum atomic E-state index is 12.1. The predicted molar refractivity (Wildman–Crippen MR) is 74.3 cm³/mol. The van der Waals surface area contributed by atoms with E-state index < -0.39 is 11.5 Å². The fourth-order valence-corrected chi connectivity index (χ4v) is 1.58. The maximum absolute atomic E-state index is 12.1. The van der Waals surface area contributed by atoms with E-state index in [-0.39, 0.29) is 12.5 Å². The van der Waals surface area contributed by atoms with Crippen LogP contribution in [0, 0.1) is 6.92 Å². The van der Waals surface area contributed by atoms with Gasteiger partial charge in [-0.05, 0) is 40.0 Å². The number of rotatable bonds is 6. The molecular formula is C14H22N2O4. The van der Waals surface area contributed by atoms with Gasteiger partial charge >= 0.3 is 5.97 Å². The van der Waals surface area contributed by atoms with E-state index in [0.29, 0.717) is 12.3 Å². The molecule has 0 bridgehead atoms. The lowest BCUT2D eigenvalue weighted by Gasteiger charge is -2.32. The van der Waals surface area contributed by atoms with E-state index in [4.69, 9.17) is 9.52 Å². The molecule has 0 saturated carbocycles. The van der Waals surface area contributed by atoms with Crippen LogP contribution < -0.4 is 0 Å². The Balaban J connectivity index is 2.60. The molecule has 1 N–H and O–H groups in total. The Labute approximate surface area is 119 Å². The zero-order valence-corrected chi connectivity index (χ0v) is 12.6. The minimum atomic E-state index is -1.09. The summed E-state index contributed by atoms with van der Waals surface area (Å²) in [6, 6.07) is 3.66. The molecular weight excluding hydrogens is 260 g/mol. The van der Waals surface area contributed by atoms with E-state index in [0.717, 1.165) is 5.76 Å². The molecule has 0 unspecified atom stereocenters. The number of aliphatic carboxylic acids is 1. The lowest BCUT2D eigenvalue weighted by atomic mass is 10.0. The fraction of sp³-hybridized carbons (Fsp3) is 0.571. The van der Waals surface area contributed by atoms with E-state index in [1.165, 1.54) is 9.80 Å². The molecule has 1 rings (SSSR count). The van der Waals surface area contributed by atoms with Crippen LogP contribution in [0.25, 0.3) is 0 Å². The van der Waals surface area contributed by atoms with Crippen molar-refractivity contribution >= 4 is 11.9 Å². The Hall–Kier alpha value is -1.82. The molecule has 0 radical (unpaired) electrons. The molecule has 112 valence electrons. The number of amides is 1. The van der Waals surface area contributed by atoms with Gasteiger partial charge in [-0.2, -0.15) is 0 Å². The molecule has 0 aromatic carbocycles. The number of carbonyl (C=O) groups excluding carboxylic acids is 1. The van der Waals surface area contributed by atoms with Gasteiger partial charge in [0.1, 0.15) is 17.1 Å². The number of aryl methyl sites for hydroxylation is 1. The lowest BCUT2D eigenvalue weighted by molar-refractivity contribution is -0.150. The SMILES string of the molecule is Cc1ccc(CN(C)C(=O)CN(C)C(C)(C)C(=O)O)o1. The smallest absolute Gasteiger partial charge is 0.323 e. The van der Waals surface area contributed by atoms with Gasteiger partial charge in [-0.1, -0.05) is 0 Å². The van der Waals surface area contributed by atoms with Crippen molar-refractivity contribution in [1.29, 1.82) is 0 Å². The Kier molecular flexibility index (Phi) is 4.94. The molecule has 0 aliphatic rings. The third-order valence-electron chi connectivity index (χ3n) is 3.46. The van der Waals surface area contributed by atoms with E-state index in [9.17, 15) is 9.59 Å². The van der Waals surface area contributed by atoms with Gasteiger partial charge < -0.3 is 14.4 Å². The molecule has 0 saturated heterocycles. The summed E-state index contributed by atoms with van der Waals surface area (Å²) < 4.78 is 5.41. The van der Waals surface area contributed by atoms with Gasteiger partial charge in [-0.3, -0.25) is 14.5 Å². The number of carboxylic acids is 1. The summed E-state index contributed by atoms with van der Waals surface area (Å²) in [7, 11) is 3.29. The fourth-order valence-electron chi connectivity index (χ4n) is 1.58. The Morgan fingerprint density at radius 2 is 1.90 bits per heavy atom. The second-order valence-corrected chi connectivity index (χ2v) is 5.48. The van der Waals surface area contributed by atoms with Gasteiger partial charge in [0.25, 0.3) is 0 Å². The second kappa shape index (κ2) is 6.09. The van der Waals surface area contributed by atoms with Crippen molar-refractivity contribution in [2.24, 2.45) is 0 Å². The topological polar surface area (TPSA) is 74.0 Å². The molecule has 1 aromatic heterocycles. The van der Waals surface area contributed by atoms with Crippen LogP contribution in [-0.4, -0.2) is 53.0 Å². The minimum absolute atomic E-state index is 0.0372. The van der Waals surface area contributed by atoms with Crippen molar-refractivity contribution in [2.75, 3.05) is 20.6 Å². The Morgan fingerprint density at radius 3 is 2.35 bits per heavy atom. The van der Waals surface area contributed by atoms with Crippen LogP contribution in [0.1, 0.15) is 25.4 Å². The highest BCUT2D eigenvalue weighted by molar-refractivity contribution is 5.81. The quantitative estimate of drug-likeness (QED) is 0.852. The molecule has 1 aromatic rings.